The van der Waals surface area contributed by atoms with Gasteiger partial charge in [-0.15, -0.1) is 0 Å². The van der Waals surface area contributed by atoms with Crippen molar-refractivity contribution in [3.8, 4) is 0 Å². The van der Waals surface area contributed by atoms with Crippen molar-refractivity contribution in [1.82, 2.24) is 15.0 Å². The van der Waals surface area contributed by atoms with Crippen molar-refractivity contribution < 1.29 is 0 Å². The minimum Gasteiger partial charge on any atom is -0.384 e. The molecule has 1 aromatic rings. The van der Waals surface area contributed by atoms with Crippen molar-refractivity contribution >= 4 is 20.8 Å². The Kier molecular flexibility index (Phi) is 3.96. The van der Waals surface area contributed by atoms with Gasteiger partial charge in [-0.1, -0.05) is 33.7 Å². The lowest BCUT2D eigenvalue weighted by atomic mass is 9.85. The largest absolute Gasteiger partial charge is 0.384 e. The average Bonchev–Trinajstić information content (AvgIpc) is 3.14. The molecule has 3 unspecified atom stereocenters. The first-order chi connectivity index (χ1) is 11.2. The number of aromatic nitrogens is 1. The molecule has 0 spiro atoms. The Labute approximate surface area is 139 Å². The molecule has 23 heavy (non-hydrogen) atoms. The third kappa shape index (κ3) is 2.93. The lowest BCUT2D eigenvalue weighted by Crippen LogP contribution is -2.27. The summed E-state index contributed by atoms with van der Waals surface area (Å²) >= 11 is 0. The van der Waals surface area contributed by atoms with Gasteiger partial charge in [-0.2, -0.15) is 0 Å². The number of nitrogens with zero attached hydrogens (tertiary/aromatic N) is 2. The highest BCUT2D eigenvalue weighted by atomic mass is 31.0. The Balaban J connectivity index is 1.55. The number of pyridine rings is 1. The van der Waals surface area contributed by atoms with Gasteiger partial charge in [-0.05, 0) is 48.7 Å². The lowest BCUT2D eigenvalue weighted by molar-refractivity contribution is 0.422. The van der Waals surface area contributed by atoms with Crippen molar-refractivity contribution in [2.45, 2.75) is 31.3 Å². The van der Waals surface area contributed by atoms with Crippen LogP contribution in [0.3, 0.4) is 0 Å². The fraction of sp³-hybridized carbons (Fsp3) is 0.389. The fourth-order valence-corrected chi connectivity index (χ4v) is 4.24. The molecule has 3 N–H and O–H groups in total. The fourth-order valence-electron chi connectivity index (χ4n) is 3.80. The van der Waals surface area contributed by atoms with E-state index in [0.29, 0.717) is 23.8 Å². The summed E-state index contributed by atoms with van der Waals surface area (Å²) in [5.74, 6) is 1.00. The Morgan fingerprint density at radius 3 is 3.09 bits per heavy atom. The standard InChI is InChI=1S/C18H23N4P/c19-18-5-1-4-16(21-18)12-6-7-17-15(10-12)13(11-20-17)9-14-3-2-8-22(14)23/h1,4-7,10-11,14-15,17,20H,2-3,8-9,23H2,(H2,19,21)/t14-,15?,17?/m1/s1. The summed E-state index contributed by atoms with van der Waals surface area (Å²) in [6.07, 6.45) is 12.7. The van der Waals surface area contributed by atoms with E-state index in [1.165, 1.54) is 30.5 Å². The second-order valence-corrected chi connectivity index (χ2v) is 7.27. The molecular formula is C18H23N4P. The second kappa shape index (κ2) is 6.10. The van der Waals surface area contributed by atoms with Crippen molar-refractivity contribution in [3.05, 3.63) is 53.9 Å². The van der Waals surface area contributed by atoms with E-state index in [-0.39, 0.29) is 0 Å². The average molecular weight is 326 g/mol. The molecule has 5 heteroatoms. The first-order valence-electron chi connectivity index (χ1n) is 8.30. The summed E-state index contributed by atoms with van der Waals surface area (Å²) in [5, 5.41) is 3.52. The van der Waals surface area contributed by atoms with Crippen LogP contribution in [0, 0.1) is 5.92 Å². The molecule has 0 radical (unpaired) electrons. The molecule has 3 heterocycles. The van der Waals surface area contributed by atoms with Gasteiger partial charge in [0.15, 0.2) is 0 Å². The molecule has 0 amide bonds. The molecule has 1 fully saturated rings. The zero-order chi connectivity index (χ0) is 15.8. The van der Waals surface area contributed by atoms with Crippen LogP contribution in [0.15, 0.2) is 48.2 Å². The third-order valence-electron chi connectivity index (χ3n) is 5.08. The van der Waals surface area contributed by atoms with Gasteiger partial charge in [-0.25, -0.2) is 4.98 Å². The molecular weight excluding hydrogens is 303 g/mol. The van der Waals surface area contributed by atoms with Gasteiger partial charge in [0, 0.05) is 18.5 Å². The van der Waals surface area contributed by atoms with E-state index in [1.54, 1.807) is 0 Å². The summed E-state index contributed by atoms with van der Waals surface area (Å²) in [6.45, 7) is 1.19. The van der Waals surface area contributed by atoms with E-state index in [2.05, 4.69) is 48.8 Å². The van der Waals surface area contributed by atoms with E-state index in [4.69, 9.17) is 5.73 Å². The van der Waals surface area contributed by atoms with Gasteiger partial charge >= 0.3 is 0 Å². The van der Waals surface area contributed by atoms with Crippen LogP contribution < -0.4 is 11.1 Å². The normalized spacial score (nSPS) is 29.9. The van der Waals surface area contributed by atoms with Gasteiger partial charge in [0.2, 0.25) is 0 Å². The number of fused-ring (bicyclic) bond motifs is 1. The summed E-state index contributed by atoms with van der Waals surface area (Å²) in [7, 11) is 2.89. The first-order valence-corrected chi connectivity index (χ1v) is 8.81. The lowest BCUT2D eigenvalue weighted by Gasteiger charge is -2.25. The Morgan fingerprint density at radius 1 is 1.39 bits per heavy atom. The summed E-state index contributed by atoms with van der Waals surface area (Å²) in [6, 6.07) is 6.86. The zero-order valence-corrected chi connectivity index (χ0v) is 14.3. The van der Waals surface area contributed by atoms with Crippen LogP contribution in [0.25, 0.3) is 5.57 Å². The molecule has 120 valence electrons. The Bertz CT molecular complexity index is 694. The van der Waals surface area contributed by atoms with Crippen molar-refractivity contribution in [2.75, 3.05) is 12.3 Å². The van der Waals surface area contributed by atoms with Gasteiger partial charge in [0.05, 0.1) is 11.7 Å². The maximum Gasteiger partial charge on any atom is 0.124 e. The first kappa shape index (κ1) is 14.9. The van der Waals surface area contributed by atoms with Crippen molar-refractivity contribution in [1.29, 1.82) is 0 Å². The molecule has 0 saturated carbocycles. The monoisotopic (exact) mass is 326 g/mol. The molecule has 0 bridgehead atoms. The third-order valence-corrected chi connectivity index (χ3v) is 5.76. The highest BCUT2D eigenvalue weighted by Crippen LogP contribution is 2.36. The topological polar surface area (TPSA) is 54.2 Å². The molecule has 1 aliphatic carbocycles. The van der Waals surface area contributed by atoms with Gasteiger partial charge in [-0.3, -0.25) is 4.67 Å². The van der Waals surface area contributed by atoms with E-state index in [9.17, 15) is 0 Å². The number of nitrogens with one attached hydrogen (secondary N) is 1. The van der Waals surface area contributed by atoms with Crippen LogP contribution in [0.5, 0.6) is 0 Å². The highest BCUT2D eigenvalue weighted by Gasteiger charge is 2.32. The maximum absolute atomic E-state index is 5.83. The quantitative estimate of drug-likeness (QED) is 0.839. The molecule has 4 rings (SSSR count). The van der Waals surface area contributed by atoms with Crippen LogP contribution in [-0.4, -0.2) is 28.3 Å². The molecule has 1 saturated heterocycles. The van der Waals surface area contributed by atoms with E-state index < -0.39 is 0 Å². The minimum absolute atomic E-state index is 0.383. The predicted octanol–water partition coefficient (Wildman–Crippen LogP) is 2.73. The van der Waals surface area contributed by atoms with E-state index >= 15 is 0 Å². The van der Waals surface area contributed by atoms with Crippen molar-refractivity contribution in [2.24, 2.45) is 5.92 Å². The number of nitrogen functional groups attached to an aromatic ring is 1. The molecule has 0 aromatic carbocycles. The Hall–Kier alpha value is -1.64. The molecule has 2 aliphatic heterocycles. The molecule has 4 atom stereocenters. The van der Waals surface area contributed by atoms with Crippen molar-refractivity contribution in [3.63, 3.8) is 0 Å². The number of rotatable bonds is 3. The number of hydrogen-bond donors (Lipinski definition) is 2. The van der Waals surface area contributed by atoms with Gasteiger partial charge in [0.1, 0.15) is 5.82 Å². The number of allylic oxidation sites excluding steroid dienone is 2. The summed E-state index contributed by atoms with van der Waals surface area (Å²) < 4.78 is 2.41. The number of nitrogens with two attached hydrogens (primary N) is 1. The summed E-state index contributed by atoms with van der Waals surface area (Å²) in [5.41, 5.74) is 9.46. The summed E-state index contributed by atoms with van der Waals surface area (Å²) in [4.78, 5) is 4.46. The van der Waals surface area contributed by atoms with Gasteiger partial charge < -0.3 is 11.1 Å². The predicted molar refractivity (Wildman–Crippen MR) is 98.3 cm³/mol. The molecule has 1 aromatic heterocycles. The van der Waals surface area contributed by atoms with Crippen LogP contribution in [-0.2, 0) is 0 Å². The van der Waals surface area contributed by atoms with Gasteiger partial charge in [0.25, 0.3) is 0 Å². The van der Waals surface area contributed by atoms with E-state index in [1.807, 2.05) is 18.2 Å². The number of anilines is 1. The second-order valence-electron chi connectivity index (χ2n) is 6.60. The molecule has 4 nitrogen and oxygen atoms in total. The highest BCUT2D eigenvalue weighted by molar-refractivity contribution is 7.13. The van der Waals surface area contributed by atoms with Crippen LogP contribution in [0.2, 0.25) is 0 Å². The van der Waals surface area contributed by atoms with E-state index in [0.717, 1.165) is 12.1 Å². The van der Waals surface area contributed by atoms with Crippen LogP contribution in [0.4, 0.5) is 5.82 Å². The Morgan fingerprint density at radius 2 is 2.30 bits per heavy atom. The van der Waals surface area contributed by atoms with Crippen LogP contribution in [0.1, 0.15) is 25.0 Å². The smallest absolute Gasteiger partial charge is 0.124 e. The maximum atomic E-state index is 5.83. The zero-order valence-electron chi connectivity index (χ0n) is 13.2. The molecule has 3 aliphatic rings. The number of hydrogen-bond acceptors (Lipinski definition) is 4. The minimum atomic E-state index is 0.383. The SMILES string of the molecule is Nc1cccc(C2=CC3C(C[C@H]4CCCN4P)=CNC3C=C2)n1. The van der Waals surface area contributed by atoms with Crippen LogP contribution >= 0.6 is 9.39 Å².